The molecular formula is C26H32N4O4. The molecule has 0 unspecified atom stereocenters. The van der Waals surface area contributed by atoms with Crippen LogP contribution in [0.3, 0.4) is 0 Å². The van der Waals surface area contributed by atoms with Crippen LogP contribution in [-0.2, 0) is 11.2 Å². The Hall–Kier alpha value is -3.81. The highest BCUT2D eigenvalue weighted by molar-refractivity contribution is 5.80. The van der Waals surface area contributed by atoms with Gasteiger partial charge in [-0.2, -0.15) is 0 Å². The number of benzene rings is 2. The van der Waals surface area contributed by atoms with Gasteiger partial charge in [-0.25, -0.2) is 14.8 Å². The second kappa shape index (κ2) is 10.4. The lowest BCUT2D eigenvalue weighted by Gasteiger charge is -2.35. The average molecular weight is 465 g/mol. The maximum atomic E-state index is 12.1. The van der Waals surface area contributed by atoms with Crippen LogP contribution in [0.1, 0.15) is 26.3 Å². The SMILES string of the molecule is COc1cccc(OC)c1-c1ccc(C[C@H](Nc2ncncc2N(C)C(C)(C)C)C(=O)O)cc1. The molecule has 3 rings (SSSR count). The lowest BCUT2D eigenvalue weighted by molar-refractivity contribution is -0.137. The van der Waals surface area contributed by atoms with Crippen molar-refractivity contribution in [1.29, 1.82) is 0 Å². The number of aliphatic carboxylic acids is 1. The molecule has 1 heterocycles. The molecule has 2 aromatic carbocycles. The van der Waals surface area contributed by atoms with Crippen LogP contribution < -0.4 is 19.7 Å². The topological polar surface area (TPSA) is 96.8 Å². The van der Waals surface area contributed by atoms with Crippen LogP contribution in [0.25, 0.3) is 11.1 Å². The fourth-order valence-electron chi connectivity index (χ4n) is 3.58. The average Bonchev–Trinajstić information content (AvgIpc) is 2.82. The number of methoxy groups -OCH3 is 2. The van der Waals surface area contributed by atoms with Crippen LogP contribution >= 0.6 is 0 Å². The Balaban J connectivity index is 1.85. The minimum Gasteiger partial charge on any atom is -0.496 e. The summed E-state index contributed by atoms with van der Waals surface area (Å²) in [6.45, 7) is 6.20. The first-order chi connectivity index (χ1) is 16.2. The van der Waals surface area contributed by atoms with Crippen molar-refractivity contribution < 1.29 is 19.4 Å². The highest BCUT2D eigenvalue weighted by Crippen LogP contribution is 2.38. The molecule has 0 saturated heterocycles. The third kappa shape index (κ3) is 5.57. The Kier molecular flexibility index (Phi) is 7.61. The van der Waals surface area contributed by atoms with Crippen molar-refractivity contribution >= 4 is 17.5 Å². The van der Waals surface area contributed by atoms with Gasteiger partial charge in [0.2, 0.25) is 0 Å². The van der Waals surface area contributed by atoms with Gasteiger partial charge in [-0.3, -0.25) is 0 Å². The van der Waals surface area contributed by atoms with E-state index in [1.54, 1.807) is 20.4 Å². The Morgan fingerprint density at radius 2 is 1.71 bits per heavy atom. The van der Waals surface area contributed by atoms with E-state index in [-0.39, 0.29) is 12.0 Å². The van der Waals surface area contributed by atoms with E-state index in [0.717, 1.165) is 22.4 Å². The van der Waals surface area contributed by atoms with Gasteiger partial charge in [-0.1, -0.05) is 30.3 Å². The highest BCUT2D eigenvalue weighted by Gasteiger charge is 2.25. The Morgan fingerprint density at radius 3 is 2.24 bits per heavy atom. The van der Waals surface area contributed by atoms with Crippen LogP contribution in [0.2, 0.25) is 0 Å². The van der Waals surface area contributed by atoms with Crippen molar-refractivity contribution in [3.05, 3.63) is 60.6 Å². The predicted octanol–water partition coefficient (Wildman–Crippen LogP) is 4.50. The third-order valence-electron chi connectivity index (χ3n) is 5.78. The largest absolute Gasteiger partial charge is 0.496 e. The molecule has 8 nitrogen and oxygen atoms in total. The molecule has 8 heteroatoms. The van der Waals surface area contributed by atoms with Crippen molar-refractivity contribution in [3.63, 3.8) is 0 Å². The maximum absolute atomic E-state index is 12.1. The number of ether oxygens (including phenoxy) is 2. The summed E-state index contributed by atoms with van der Waals surface area (Å²) >= 11 is 0. The number of carbonyl (C=O) groups is 1. The molecule has 0 spiro atoms. The summed E-state index contributed by atoms with van der Waals surface area (Å²) in [6.07, 6.45) is 3.38. The summed E-state index contributed by atoms with van der Waals surface area (Å²) in [5.41, 5.74) is 3.19. The van der Waals surface area contributed by atoms with Crippen molar-refractivity contribution in [3.8, 4) is 22.6 Å². The zero-order valence-electron chi connectivity index (χ0n) is 20.5. The Morgan fingerprint density at radius 1 is 1.09 bits per heavy atom. The number of carboxylic acid groups (broad SMARTS) is 1. The fourth-order valence-corrected chi connectivity index (χ4v) is 3.58. The number of nitrogens with one attached hydrogen (secondary N) is 1. The Labute approximate surface area is 200 Å². The molecule has 1 atom stereocenters. The number of hydrogen-bond donors (Lipinski definition) is 2. The molecule has 1 aromatic heterocycles. The first kappa shape index (κ1) is 24.8. The molecule has 0 bridgehead atoms. The molecule has 0 aliphatic rings. The standard InChI is InChI=1S/C26H32N4O4/c1-26(2,3)30(4)20-15-27-16-28-24(20)29-19(25(31)32)14-17-10-12-18(13-11-17)23-21(33-5)8-7-9-22(23)34-6/h7-13,15-16,19H,14H2,1-6H3,(H,31,32)(H,27,28,29)/t19-/m0/s1. The summed E-state index contributed by atoms with van der Waals surface area (Å²) < 4.78 is 11.0. The zero-order chi connectivity index (χ0) is 24.9. The summed E-state index contributed by atoms with van der Waals surface area (Å²) in [5.74, 6) is 0.932. The Bertz CT molecular complexity index is 1100. The van der Waals surface area contributed by atoms with Crippen LogP contribution in [-0.4, -0.2) is 53.9 Å². The summed E-state index contributed by atoms with van der Waals surface area (Å²) in [6, 6.07) is 12.5. The van der Waals surface area contributed by atoms with Crippen molar-refractivity contribution in [2.45, 2.75) is 38.8 Å². The van der Waals surface area contributed by atoms with Gasteiger partial charge in [-0.05, 0) is 44.0 Å². The fraction of sp³-hybridized carbons (Fsp3) is 0.346. The van der Waals surface area contributed by atoms with Gasteiger partial charge in [0.15, 0.2) is 5.82 Å². The van der Waals surface area contributed by atoms with E-state index in [1.807, 2.05) is 54.4 Å². The van der Waals surface area contributed by atoms with E-state index < -0.39 is 12.0 Å². The molecule has 2 N–H and O–H groups in total. The van der Waals surface area contributed by atoms with Crippen molar-refractivity contribution in [2.24, 2.45) is 0 Å². The minimum absolute atomic E-state index is 0.185. The molecule has 180 valence electrons. The first-order valence-electron chi connectivity index (χ1n) is 11.0. The first-order valence-corrected chi connectivity index (χ1v) is 11.0. The van der Waals surface area contributed by atoms with Gasteiger partial charge in [0.05, 0.1) is 31.7 Å². The van der Waals surface area contributed by atoms with E-state index in [4.69, 9.17) is 9.47 Å². The predicted molar refractivity (Wildman–Crippen MR) is 134 cm³/mol. The van der Waals surface area contributed by atoms with E-state index in [1.165, 1.54) is 6.33 Å². The number of carboxylic acids is 1. The number of aromatic nitrogens is 2. The van der Waals surface area contributed by atoms with Gasteiger partial charge >= 0.3 is 5.97 Å². The zero-order valence-corrected chi connectivity index (χ0v) is 20.5. The van der Waals surface area contributed by atoms with Gasteiger partial charge in [0.25, 0.3) is 0 Å². The molecule has 0 aliphatic carbocycles. The number of nitrogens with zero attached hydrogens (tertiary/aromatic N) is 3. The van der Waals surface area contributed by atoms with Gasteiger partial charge in [0, 0.05) is 19.0 Å². The molecule has 3 aromatic rings. The smallest absolute Gasteiger partial charge is 0.326 e. The normalized spacial score (nSPS) is 12.1. The summed E-state index contributed by atoms with van der Waals surface area (Å²) in [5, 5.41) is 13.0. The van der Waals surface area contributed by atoms with Gasteiger partial charge < -0.3 is 24.8 Å². The second-order valence-electron chi connectivity index (χ2n) is 8.96. The molecule has 0 amide bonds. The second-order valence-corrected chi connectivity index (χ2v) is 8.96. The minimum atomic E-state index is -0.960. The van der Waals surface area contributed by atoms with Crippen molar-refractivity contribution in [2.75, 3.05) is 31.5 Å². The van der Waals surface area contributed by atoms with Crippen LogP contribution in [0.4, 0.5) is 11.5 Å². The van der Waals surface area contributed by atoms with Crippen LogP contribution in [0.5, 0.6) is 11.5 Å². The highest BCUT2D eigenvalue weighted by atomic mass is 16.5. The number of hydrogen-bond acceptors (Lipinski definition) is 7. The molecule has 0 saturated carbocycles. The maximum Gasteiger partial charge on any atom is 0.326 e. The summed E-state index contributed by atoms with van der Waals surface area (Å²) in [4.78, 5) is 22.5. The van der Waals surface area contributed by atoms with Gasteiger partial charge in [0.1, 0.15) is 23.9 Å². The lowest BCUT2D eigenvalue weighted by atomic mass is 9.99. The monoisotopic (exact) mass is 464 g/mol. The van der Waals surface area contributed by atoms with E-state index in [2.05, 4.69) is 36.1 Å². The number of anilines is 2. The lowest BCUT2D eigenvalue weighted by Crippen LogP contribution is -2.39. The molecule has 0 aliphatic heterocycles. The molecule has 0 fully saturated rings. The molecule has 34 heavy (non-hydrogen) atoms. The molecule has 0 radical (unpaired) electrons. The van der Waals surface area contributed by atoms with Gasteiger partial charge in [-0.15, -0.1) is 0 Å². The van der Waals surface area contributed by atoms with Crippen molar-refractivity contribution in [1.82, 2.24) is 9.97 Å². The number of rotatable bonds is 9. The van der Waals surface area contributed by atoms with Crippen LogP contribution in [0.15, 0.2) is 55.0 Å². The van der Waals surface area contributed by atoms with Crippen LogP contribution in [0, 0.1) is 0 Å². The molecular weight excluding hydrogens is 432 g/mol. The third-order valence-corrected chi connectivity index (χ3v) is 5.78. The van der Waals surface area contributed by atoms with E-state index in [0.29, 0.717) is 17.3 Å². The summed E-state index contributed by atoms with van der Waals surface area (Å²) in [7, 11) is 5.17. The van der Waals surface area contributed by atoms with E-state index in [9.17, 15) is 9.90 Å². The quantitative estimate of drug-likeness (QED) is 0.478. The van der Waals surface area contributed by atoms with E-state index >= 15 is 0 Å².